The van der Waals surface area contributed by atoms with Crippen molar-refractivity contribution in [1.82, 2.24) is 29.4 Å². The zero-order chi connectivity index (χ0) is 23.7. The summed E-state index contributed by atoms with van der Waals surface area (Å²) >= 11 is 0. The molecule has 10 nitrogen and oxygen atoms in total. The third-order valence-corrected chi connectivity index (χ3v) is 6.91. The first-order valence-corrected chi connectivity index (χ1v) is 12.4. The van der Waals surface area contributed by atoms with Crippen molar-refractivity contribution >= 4 is 28.7 Å². The monoisotopic (exact) mass is 464 g/mol. The average Bonchev–Trinajstić information content (AvgIpc) is 3.28. The van der Waals surface area contributed by atoms with Gasteiger partial charge in [0.05, 0.1) is 6.33 Å². The number of nitrogens with one attached hydrogen (secondary N) is 1. The minimum Gasteiger partial charge on any atom is -0.364 e. The lowest BCUT2D eigenvalue weighted by molar-refractivity contribution is 0.312. The van der Waals surface area contributed by atoms with E-state index in [1.54, 1.807) is 0 Å². The lowest BCUT2D eigenvalue weighted by Gasteiger charge is -2.34. The molecule has 2 fully saturated rings. The molecule has 0 radical (unpaired) electrons. The number of hydrogen-bond donors (Lipinski definition) is 2. The third kappa shape index (κ3) is 4.65. The molecular formula is C24H36N10. The number of aromatic nitrogens is 5. The summed E-state index contributed by atoms with van der Waals surface area (Å²) in [6, 6.07) is 4.67. The molecule has 2 saturated heterocycles. The van der Waals surface area contributed by atoms with Crippen molar-refractivity contribution in [1.29, 1.82) is 0 Å². The molecule has 34 heavy (non-hydrogen) atoms. The molecule has 0 amide bonds. The maximum absolute atomic E-state index is 6.13. The van der Waals surface area contributed by atoms with E-state index < -0.39 is 0 Å². The maximum atomic E-state index is 6.13. The Morgan fingerprint density at radius 3 is 2.53 bits per heavy atom. The molecular weight excluding hydrogens is 428 g/mol. The fourth-order valence-electron chi connectivity index (χ4n) is 4.70. The molecule has 10 heteroatoms. The van der Waals surface area contributed by atoms with Crippen molar-refractivity contribution in [3.63, 3.8) is 0 Å². The standard InChI is InChI=1S/C24H36N10/c1-17(2)34-16-28-20-21(29-24(30-23(20)34)33-9-6-19(25)7-10-33)27-15-18-5-4-8-26-22(18)32-13-11-31(3)12-14-32/h4-5,8,16-17,19H,6-7,9-15,25H2,1-3H3,(H,27,29,30). The van der Waals surface area contributed by atoms with E-state index in [0.29, 0.717) is 6.54 Å². The number of anilines is 3. The van der Waals surface area contributed by atoms with Gasteiger partial charge in [0.25, 0.3) is 0 Å². The Bertz CT molecular complexity index is 1110. The van der Waals surface area contributed by atoms with Crippen molar-refractivity contribution in [2.45, 2.75) is 45.3 Å². The molecule has 0 aromatic carbocycles. The summed E-state index contributed by atoms with van der Waals surface area (Å²) in [7, 11) is 2.17. The normalized spacial score (nSPS) is 18.3. The zero-order valence-electron chi connectivity index (χ0n) is 20.5. The Morgan fingerprint density at radius 2 is 1.79 bits per heavy atom. The summed E-state index contributed by atoms with van der Waals surface area (Å²) < 4.78 is 2.11. The number of likely N-dealkylation sites (N-methyl/N-ethyl adjacent to an activating group) is 1. The van der Waals surface area contributed by atoms with E-state index in [9.17, 15) is 0 Å². The van der Waals surface area contributed by atoms with Crippen LogP contribution in [0.3, 0.4) is 0 Å². The number of rotatable bonds is 6. The van der Waals surface area contributed by atoms with Crippen LogP contribution in [-0.4, -0.2) is 81.8 Å². The number of imidazole rings is 1. The van der Waals surface area contributed by atoms with Gasteiger partial charge in [-0.2, -0.15) is 9.97 Å². The van der Waals surface area contributed by atoms with Crippen molar-refractivity contribution in [2.24, 2.45) is 5.73 Å². The van der Waals surface area contributed by atoms with Crippen molar-refractivity contribution < 1.29 is 0 Å². The summed E-state index contributed by atoms with van der Waals surface area (Å²) in [5, 5.41) is 3.58. The topological polar surface area (TPSA) is 104 Å². The van der Waals surface area contributed by atoms with Crippen LogP contribution in [0.15, 0.2) is 24.7 Å². The van der Waals surface area contributed by atoms with Crippen LogP contribution in [0.5, 0.6) is 0 Å². The summed E-state index contributed by atoms with van der Waals surface area (Å²) in [6.07, 6.45) is 5.66. The zero-order valence-corrected chi connectivity index (χ0v) is 20.5. The first-order valence-electron chi connectivity index (χ1n) is 12.4. The predicted molar refractivity (Wildman–Crippen MR) is 136 cm³/mol. The molecule has 0 saturated carbocycles. The summed E-state index contributed by atoms with van der Waals surface area (Å²) in [4.78, 5) is 26.2. The summed E-state index contributed by atoms with van der Waals surface area (Å²) in [6.45, 7) is 10.7. The Morgan fingerprint density at radius 1 is 1.03 bits per heavy atom. The maximum Gasteiger partial charge on any atom is 0.229 e. The van der Waals surface area contributed by atoms with Gasteiger partial charge in [0.2, 0.25) is 5.95 Å². The van der Waals surface area contributed by atoms with Crippen LogP contribution in [-0.2, 0) is 6.54 Å². The molecule has 3 N–H and O–H groups in total. The molecule has 0 bridgehead atoms. The van der Waals surface area contributed by atoms with Crippen LogP contribution >= 0.6 is 0 Å². The summed E-state index contributed by atoms with van der Waals surface area (Å²) in [5.74, 6) is 2.56. The van der Waals surface area contributed by atoms with Gasteiger partial charge in [-0.15, -0.1) is 0 Å². The molecule has 2 aliphatic heterocycles. The quantitative estimate of drug-likeness (QED) is 0.567. The van der Waals surface area contributed by atoms with Crippen LogP contribution < -0.4 is 20.9 Å². The van der Waals surface area contributed by atoms with Gasteiger partial charge >= 0.3 is 0 Å². The SMILES string of the molecule is CC(C)n1cnc2c(NCc3cccnc3N3CCN(C)CC3)nc(N3CCC(N)CC3)nc21. The molecule has 0 atom stereocenters. The Labute approximate surface area is 201 Å². The van der Waals surface area contributed by atoms with Crippen LogP contribution in [0.2, 0.25) is 0 Å². The highest BCUT2D eigenvalue weighted by molar-refractivity contribution is 5.84. The van der Waals surface area contributed by atoms with Gasteiger partial charge < -0.3 is 30.3 Å². The highest BCUT2D eigenvalue weighted by Crippen LogP contribution is 2.27. The second-order valence-electron chi connectivity index (χ2n) is 9.74. The highest BCUT2D eigenvalue weighted by atomic mass is 15.3. The van der Waals surface area contributed by atoms with Gasteiger partial charge in [0, 0.05) is 69.7 Å². The van der Waals surface area contributed by atoms with Gasteiger partial charge in [-0.25, -0.2) is 9.97 Å². The molecule has 0 spiro atoms. The second-order valence-corrected chi connectivity index (χ2v) is 9.74. The van der Waals surface area contributed by atoms with Crippen molar-refractivity contribution in [3.8, 4) is 0 Å². The van der Waals surface area contributed by atoms with Gasteiger partial charge in [-0.1, -0.05) is 6.07 Å². The molecule has 3 aromatic heterocycles. The average molecular weight is 465 g/mol. The fraction of sp³-hybridized carbons (Fsp3) is 0.583. The number of nitrogens with two attached hydrogens (primary N) is 1. The Hall–Kier alpha value is -2.98. The minimum absolute atomic E-state index is 0.261. The number of piperidine rings is 1. The Kier molecular flexibility index (Phi) is 6.51. The van der Waals surface area contributed by atoms with E-state index >= 15 is 0 Å². The number of hydrogen-bond acceptors (Lipinski definition) is 9. The van der Waals surface area contributed by atoms with E-state index in [-0.39, 0.29) is 12.1 Å². The second kappa shape index (κ2) is 9.71. The van der Waals surface area contributed by atoms with Gasteiger partial charge in [0.1, 0.15) is 5.82 Å². The van der Waals surface area contributed by atoms with Gasteiger partial charge in [0.15, 0.2) is 17.0 Å². The molecule has 2 aliphatic rings. The van der Waals surface area contributed by atoms with Crippen LogP contribution in [0, 0.1) is 0 Å². The first kappa shape index (κ1) is 22.8. The van der Waals surface area contributed by atoms with E-state index in [0.717, 1.165) is 86.4 Å². The highest BCUT2D eigenvalue weighted by Gasteiger charge is 2.23. The molecule has 5 heterocycles. The van der Waals surface area contributed by atoms with E-state index in [2.05, 4.69) is 56.5 Å². The fourth-order valence-corrected chi connectivity index (χ4v) is 4.70. The van der Waals surface area contributed by atoms with Crippen LogP contribution in [0.25, 0.3) is 11.2 Å². The first-order chi connectivity index (χ1) is 16.5. The number of piperazine rings is 1. The van der Waals surface area contributed by atoms with Crippen molar-refractivity contribution in [3.05, 3.63) is 30.2 Å². The van der Waals surface area contributed by atoms with Crippen molar-refractivity contribution in [2.75, 3.05) is 61.4 Å². The predicted octanol–water partition coefficient (Wildman–Crippen LogP) is 2.09. The van der Waals surface area contributed by atoms with Crippen LogP contribution in [0.4, 0.5) is 17.6 Å². The van der Waals surface area contributed by atoms with E-state index in [4.69, 9.17) is 20.7 Å². The Balaban J connectivity index is 1.44. The number of fused-ring (bicyclic) bond motifs is 1. The third-order valence-electron chi connectivity index (χ3n) is 6.91. The van der Waals surface area contributed by atoms with E-state index in [1.165, 1.54) is 0 Å². The van der Waals surface area contributed by atoms with Crippen LogP contribution in [0.1, 0.15) is 38.3 Å². The lowest BCUT2D eigenvalue weighted by atomic mass is 10.1. The minimum atomic E-state index is 0.261. The molecule has 0 unspecified atom stereocenters. The smallest absolute Gasteiger partial charge is 0.229 e. The molecule has 3 aromatic rings. The molecule has 0 aliphatic carbocycles. The number of pyridine rings is 1. The lowest BCUT2D eigenvalue weighted by Crippen LogP contribution is -2.45. The largest absolute Gasteiger partial charge is 0.364 e. The van der Waals surface area contributed by atoms with Gasteiger partial charge in [-0.3, -0.25) is 0 Å². The summed E-state index contributed by atoms with van der Waals surface area (Å²) in [5.41, 5.74) is 8.96. The molecule has 182 valence electrons. The molecule has 5 rings (SSSR count). The van der Waals surface area contributed by atoms with E-state index in [1.807, 2.05) is 18.6 Å². The number of nitrogens with zero attached hydrogens (tertiary/aromatic N) is 8. The van der Waals surface area contributed by atoms with Gasteiger partial charge in [-0.05, 0) is 39.8 Å².